The molecular weight excluding hydrogens is 260 g/mol. The first-order valence-corrected chi connectivity index (χ1v) is 8.74. The lowest BCUT2D eigenvalue weighted by Gasteiger charge is -2.31. The first-order chi connectivity index (χ1) is 8.48. The van der Waals surface area contributed by atoms with Crippen LogP contribution >= 0.6 is 23.1 Å². The van der Waals surface area contributed by atoms with Crippen molar-refractivity contribution in [2.75, 3.05) is 12.8 Å². The number of aromatic nitrogens is 1. The van der Waals surface area contributed by atoms with Crippen LogP contribution in [-0.4, -0.2) is 22.5 Å². The maximum absolute atomic E-state index is 4.64. The average molecular weight is 287 g/mol. The lowest BCUT2D eigenvalue weighted by molar-refractivity contribution is 0.455. The van der Waals surface area contributed by atoms with E-state index in [0.717, 1.165) is 6.54 Å². The molecular formula is C14H26N2S2. The number of nitrogens with zero attached hydrogens (tertiary/aromatic N) is 1. The standard InChI is InChI=1S/C14H26N2S2/c1-7-14(8-2,17-6)9-15-10(3)13-11(4)18-12(5)16-13/h10,15H,7-9H2,1-6H3. The van der Waals surface area contributed by atoms with E-state index in [9.17, 15) is 0 Å². The molecule has 0 saturated carbocycles. The van der Waals surface area contributed by atoms with Crippen LogP contribution in [-0.2, 0) is 0 Å². The van der Waals surface area contributed by atoms with Gasteiger partial charge in [-0.25, -0.2) is 4.98 Å². The summed E-state index contributed by atoms with van der Waals surface area (Å²) in [6.45, 7) is 12.1. The largest absolute Gasteiger partial charge is 0.307 e. The smallest absolute Gasteiger partial charge is 0.0900 e. The van der Waals surface area contributed by atoms with Crippen LogP contribution in [0.3, 0.4) is 0 Å². The van der Waals surface area contributed by atoms with Crippen molar-refractivity contribution in [2.45, 2.75) is 58.2 Å². The van der Waals surface area contributed by atoms with E-state index >= 15 is 0 Å². The van der Waals surface area contributed by atoms with Gasteiger partial charge >= 0.3 is 0 Å². The molecule has 1 heterocycles. The molecule has 0 aromatic carbocycles. The molecule has 0 spiro atoms. The van der Waals surface area contributed by atoms with Crippen molar-refractivity contribution >= 4 is 23.1 Å². The molecule has 18 heavy (non-hydrogen) atoms. The molecule has 0 aliphatic heterocycles. The highest BCUT2D eigenvalue weighted by atomic mass is 32.2. The number of thioether (sulfide) groups is 1. The summed E-state index contributed by atoms with van der Waals surface area (Å²) in [5.74, 6) is 0. The van der Waals surface area contributed by atoms with Crippen molar-refractivity contribution in [3.05, 3.63) is 15.6 Å². The molecule has 1 aromatic rings. The Kier molecular flexibility index (Phi) is 6.15. The minimum absolute atomic E-state index is 0.347. The van der Waals surface area contributed by atoms with Crippen molar-refractivity contribution in [3.8, 4) is 0 Å². The fourth-order valence-corrected chi connectivity index (χ4v) is 3.96. The van der Waals surface area contributed by atoms with Crippen molar-refractivity contribution in [1.82, 2.24) is 10.3 Å². The highest BCUT2D eigenvalue weighted by Crippen LogP contribution is 2.31. The Bertz CT molecular complexity index is 362. The fraction of sp³-hybridized carbons (Fsp3) is 0.786. The third-order valence-electron chi connectivity index (χ3n) is 3.80. The molecule has 104 valence electrons. The minimum Gasteiger partial charge on any atom is -0.307 e. The third kappa shape index (κ3) is 3.72. The maximum atomic E-state index is 4.64. The van der Waals surface area contributed by atoms with E-state index in [1.54, 1.807) is 11.3 Å². The van der Waals surface area contributed by atoms with Crippen molar-refractivity contribution in [2.24, 2.45) is 0 Å². The molecule has 1 atom stereocenters. The number of rotatable bonds is 7. The number of nitrogens with one attached hydrogen (secondary N) is 1. The molecule has 0 aliphatic carbocycles. The highest BCUT2D eigenvalue weighted by Gasteiger charge is 2.25. The first kappa shape index (κ1) is 16.0. The number of thiazole rings is 1. The van der Waals surface area contributed by atoms with Crippen LogP contribution < -0.4 is 5.32 Å². The lowest BCUT2D eigenvalue weighted by atomic mass is 10.0. The highest BCUT2D eigenvalue weighted by molar-refractivity contribution is 8.00. The molecule has 0 fully saturated rings. The second-order valence-corrected chi connectivity index (χ2v) is 7.55. The van der Waals surface area contributed by atoms with Crippen molar-refractivity contribution in [3.63, 3.8) is 0 Å². The van der Waals surface area contributed by atoms with Crippen LogP contribution in [0.25, 0.3) is 0 Å². The van der Waals surface area contributed by atoms with Gasteiger partial charge in [0.1, 0.15) is 0 Å². The molecule has 2 nitrogen and oxygen atoms in total. The van der Waals surface area contributed by atoms with Gasteiger partial charge in [-0.1, -0.05) is 13.8 Å². The quantitative estimate of drug-likeness (QED) is 0.807. The number of aryl methyl sites for hydroxylation is 2. The molecule has 1 rings (SSSR count). The number of hydrogen-bond donors (Lipinski definition) is 1. The Morgan fingerprint density at radius 1 is 1.33 bits per heavy atom. The zero-order valence-corrected chi connectivity index (χ0v) is 14.1. The van der Waals surface area contributed by atoms with Gasteiger partial charge in [-0.15, -0.1) is 11.3 Å². The van der Waals surface area contributed by atoms with Gasteiger partial charge in [-0.3, -0.25) is 0 Å². The summed E-state index contributed by atoms with van der Waals surface area (Å²) in [6.07, 6.45) is 4.64. The monoisotopic (exact) mass is 286 g/mol. The molecule has 0 amide bonds. The van der Waals surface area contributed by atoms with Crippen LogP contribution in [0.2, 0.25) is 0 Å². The topological polar surface area (TPSA) is 24.9 Å². The van der Waals surface area contributed by atoms with Crippen LogP contribution in [0.4, 0.5) is 0 Å². The molecule has 0 aliphatic rings. The predicted octanol–water partition coefficient (Wildman–Crippen LogP) is 4.33. The van der Waals surface area contributed by atoms with Crippen molar-refractivity contribution < 1.29 is 0 Å². The van der Waals surface area contributed by atoms with Gasteiger partial charge in [-0.05, 0) is 39.9 Å². The third-order valence-corrected chi connectivity index (χ3v) is 6.29. The van der Waals surface area contributed by atoms with Crippen LogP contribution in [0.5, 0.6) is 0 Å². The zero-order chi connectivity index (χ0) is 13.8. The van der Waals surface area contributed by atoms with Gasteiger partial charge in [0.05, 0.1) is 10.7 Å². The second kappa shape index (κ2) is 6.92. The van der Waals surface area contributed by atoms with Crippen LogP contribution in [0, 0.1) is 13.8 Å². The van der Waals surface area contributed by atoms with E-state index < -0.39 is 0 Å². The van der Waals surface area contributed by atoms with Crippen LogP contribution in [0.1, 0.15) is 55.2 Å². The second-order valence-electron chi connectivity index (χ2n) is 4.87. The fourth-order valence-electron chi connectivity index (χ4n) is 2.24. The van der Waals surface area contributed by atoms with Gasteiger partial charge < -0.3 is 5.32 Å². The maximum Gasteiger partial charge on any atom is 0.0900 e. The Morgan fingerprint density at radius 2 is 1.94 bits per heavy atom. The minimum atomic E-state index is 0.347. The van der Waals surface area contributed by atoms with E-state index in [-0.39, 0.29) is 0 Å². The van der Waals surface area contributed by atoms with Crippen LogP contribution in [0.15, 0.2) is 0 Å². The first-order valence-electron chi connectivity index (χ1n) is 6.70. The van der Waals surface area contributed by atoms with Gasteiger partial charge in [0.25, 0.3) is 0 Å². The summed E-state index contributed by atoms with van der Waals surface area (Å²) < 4.78 is 0.368. The zero-order valence-electron chi connectivity index (χ0n) is 12.5. The summed E-state index contributed by atoms with van der Waals surface area (Å²) in [5, 5.41) is 4.84. The molecule has 0 radical (unpaired) electrons. The van der Waals surface area contributed by atoms with E-state index in [4.69, 9.17) is 0 Å². The number of hydrogen-bond acceptors (Lipinski definition) is 4. The van der Waals surface area contributed by atoms with E-state index in [1.807, 2.05) is 11.8 Å². The summed E-state index contributed by atoms with van der Waals surface area (Å²) in [4.78, 5) is 5.98. The Morgan fingerprint density at radius 3 is 2.33 bits per heavy atom. The Labute approximate surface area is 120 Å². The molecule has 0 saturated heterocycles. The van der Waals surface area contributed by atoms with Gasteiger partial charge in [0, 0.05) is 22.2 Å². The van der Waals surface area contributed by atoms with E-state index in [2.05, 4.69) is 51.2 Å². The van der Waals surface area contributed by atoms with Gasteiger partial charge in [0.15, 0.2) is 0 Å². The average Bonchev–Trinajstić information content (AvgIpc) is 2.70. The molecule has 1 aromatic heterocycles. The summed E-state index contributed by atoms with van der Waals surface area (Å²) in [5.41, 5.74) is 1.22. The van der Waals surface area contributed by atoms with E-state index in [1.165, 1.54) is 28.4 Å². The molecule has 4 heteroatoms. The molecule has 1 N–H and O–H groups in total. The lowest BCUT2D eigenvalue weighted by Crippen LogP contribution is -2.38. The van der Waals surface area contributed by atoms with Crippen molar-refractivity contribution in [1.29, 1.82) is 0 Å². The Hall–Kier alpha value is -0.0600. The predicted molar refractivity (Wildman–Crippen MR) is 84.8 cm³/mol. The van der Waals surface area contributed by atoms with Gasteiger partial charge in [0.2, 0.25) is 0 Å². The summed E-state index contributed by atoms with van der Waals surface area (Å²) in [6, 6.07) is 0.347. The Balaban J connectivity index is 2.65. The van der Waals surface area contributed by atoms with E-state index in [0.29, 0.717) is 10.8 Å². The SMILES string of the molecule is CCC(CC)(CNC(C)c1nc(C)sc1C)SC. The summed E-state index contributed by atoms with van der Waals surface area (Å²) in [7, 11) is 0. The normalized spacial score (nSPS) is 13.9. The van der Waals surface area contributed by atoms with Gasteiger partial charge in [-0.2, -0.15) is 11.8 Å². The molecule has 1 unspecified atom stereocenters. The molecule has 0 bridgehead atoms. The summed E-state index contributed by atoms with van der Waals surface area (Å²) >= 11 is 3.78.